The second-order valence-corrected chi connectivity index (χ2v) is 8.65. The van der Waals surface area contributed by atoms with Crippen LogP contribution in [0.5, 0.6) is 0 Å². The van der Waals surface area contributed by atoms with Crippen LogP contribution in [-0.4, -0.2) is 58.2 Å². The molecule has 4 heterocycles. The van der Waals surface area contributed by atoms with Gasteiger partial charge in [0.05, 0.1) is 22.9 Å². The molecular formula is C20H28N4OS. The van der Waals surface area contributed by atoms with Gasteiger partial charge in [-0.05, 0) is 44.4 Å². The maximum absolute atomic E-state index is 6.36. The molecule has 1 spiro atoms. The van der Waals surface area contributed by atoms with Gasteiger partial charge in [-0.2, -0.15) is 0 Å². The monoisotopic (exact) mass is 372 g/mol. The lowest BCUT2D eigenvalue weighted by atomic mass is 9.92. The number of hydrogen-bond acceptors (Lipinski definition) is 6. The predicted molar refractivity (Wildman–Crippen MR) is 104 cm³/mol. The smallest absolute Gasteiger partial charge is 0.0897 e. The highest BCUT2D eigenvalue weighted by atomic mass is 32.1. The number of pyridine rings is 1. The van der Waals surface area contributed by atoms with Gasteiger partial charge in [-0.25, -0.2) is 4.98 Å². The van der Waals surface area contributed by atoms with Crippen LogP contribution in [0.4, 0.5) is 0 Å². The molecule has 2 fully saturated rings. The van der Waals surface area contributed by atoms with E-state index in [1.54, 1.807) is 11.3 Å². The Bertz CT molecular complexity index is 707. The summed E-state index contributed by atoms with van der Waals surface area (Å²) in [6.45, 7) is 9.15. The quantitative estimate of drug-likeness (QED) is 0.825. The summed E-state index contributed by atoms with van der Waals surface area (Å²) in [5, 5.41) is 3.36. The molecule has 6 heteroatoms. The lowest BCUT2D eigenvalue weighted by molar-refractivity contribution is -0.118. The lowest BCUT2D eigenvalue weighted by Gasteiger charge is -2.42. The van der Waals surface area contributed by atoms with Crippen molar-refractivity contribution < 1.29 is 4.74 Å². The summed E-state index contributed by atoms with van der Waals surface area (Å²) in [6, 6.07) is 4.19. The number of rotatable bonds is 4. The number of aryl methyl sites for hydroxylation is 1. The highest BCUT2D eigenvalue weighted by molar-refractivity contribution is 7.09. The van der Waals surface area contributed by atoms with Gasteiger partial charge in [0, 0.05) is 50.5 Å². The van der Waals surface area contributed by atoms with Crippen LogP contribution in [0.25, 0.3) is 0 Å². The van der Waals surface area contributed by atoms with E-state index in [4.69, 9.17) is 4.74 Å². The third-order valence-electron chi connectivity index (χ3n) is 5.50. The van der Waals surface area contributed by atoms with Crippen molar-refractivity contribution in [3.05, 3.63) is 46.2 Å². The molecule has 0 amide bonds. The second kappa shape index (κ2) is 8.13. The first kappa shape index (κ1) is 18.0. The maximum Gasteiger partial charge on any atom is 0.0897 e. The number of nitrogens with zero attached hydrogens (tertiary/aromatic N) is 4. The molecule has 4 rings (SSSR count). The van der Waals surface area contributed by atoms with E-state index < -0.39 is 0 Å². The fourth-order valence-corrected chi connectivity index (χ4v) is 4.81. The van der Waals surface area contributed by atoms with E-state index in [1.807, 2.05) is 18.5 Å². The highest BCUT2D eigenvalue weighted by Crippen LogP contribution is 2.31. The first-order chi connectivity index (χ1) is 12.7. The van der Waals surface area contributed by atoms with Crippen LogP contribution in [0, 0.1) is 6.92 Å². The van der Waals surface area contributed by atoms with E-state index in [9.17, 15) is 0 Å². The first-order valence-electron chi connectivity index (χ1n) is 9.59. The van der Waals surface area contributed by atoms with E-state index in [0.717, 1.165) is 63.7 Å². The van der Waals surface area contributed by atoms with Crippen LogP contribution >= 0.6 is 11.3 Å². The molecule has 1 atom stereocenters. The van der Waals surface area contributed by atoms with E-state index in [2.05, 4.69) is 38.1 Å². The molecule has 0 radical (unpaired) electrons. The number of morpholine rings is 1. The SMILES string of the molecule is Cc1nc(CN2CCC[C@]3(CC2)CN(Cc2cccnc2)CCO3)cs1. The standard InChI is InChI=1S/C20H28N4OS/c1-17-22-19(15-26-17)14-23-8-3-5-20(6-9-23)16-24(10-11-25-20)13-18-4-2-7-21-12-18/h2,4,7,12,15H,3,5-6,8-11,13-14,16H2,1H3/t20-/m0/s1. The Labute approximate surface area is 160 Å². The molecule has 2 aromatic heterocycles. The molecular weight excluding hydrogens is 344 g/mol. The van der Waals surface area contributed by atoms with Crippen LogP contribution in [0.1, 0.15) is 35.5 Å². The Morgan fingerprint density at radius 1 is 1.19 bits per heavy atom. The fourth-order valence-electron chi connectivity index (χ4n) is 4.20. The number of thiazole rings is 1. The first-order valence-corrected chi connectivity index (χ1v) is 10.5. The van der Waals surface area contributed by atoms with Gasteiger partial charge in [0.25, 0.3) is 0 Å². The van der Waals surface area contributed by atoms with Crippen LogP contribution in [0.3, 0.4) is 0 Å². The van der Waals surface area contributed by atoms with Crippen molar-refractivity contribution in [3.63, 3.8) is 0 Å². The van der Waals surface area contributed by atoms with Crippen LogP contribution in [-0.2, 0) is 17.8 Å². The average Bonchev–Trinajstić information content (AvgIpc) is 2.96. The predicted octanol–water partition coefficient (Wildman–Crippen LogP) is 3.10. The molecule has 2 aliphatic rings. The zero-order chi connectivity index (χ0) is 17.8. The topological polar surface area (TPSA) is 41.5 Å². The minimum absolute atomic E-state index is 0.0210. The van der Waals surface area contributed by atoms with Crippen LogP contribution in [0.15, 0.2) is 29.9 Å². The van der Waals surface area contributed by atoms with Gasteiger partial charge in [-0.15, -0.1) is 11.3 Å². The van der Waals surface area contributed by atoms with Crippen molar-refractivity contribution in [1.29, 1.82) is 0 Å². The van der Waals surface area contributed by atoms with Crippen molar-refractivity contribution >= 4 is 11.3 Å². The summed E-state index contributed by atoms with van der Waals surface area (Å²) in [4.78, 5) is 14.0. The molecule has 0 aliphatic carbocycles. The van der Waals surface area contributed by atoms with Gasteiger partial charge in [-0.3, -0.25) is 14.8 Å². The third kappa shape index (κ3) is 4.49. The molecule has 140 valence electrons. The Morgan fingerprint density at radius 2 is 2.15 bits per heavy atom. The van der Waals surface area contributed by atoms with E-state index in [-0.39, 0.29) is 5.60 Å². The Balaban J connectivity index is 1.35. The zero-order valence-electron chi connectivity index (χ0n) is 15.6. The number of likely N-dealkylation sites (tertiary alicyclic amines) is 1. The minimum Gasteiger partial charge on any atom is -0.372 e. The van der Waals surface area contributed by atoms with Gasteiger partial charge in [-0.1, -0.05) is 6.07 Å². The van der Waals surface area contributed by atoms with Crippen molar-refractivity contribution in [1.82, 2.24) is 19.8 Å². The molecule has 2 saturated heterocycles. The molecule has 5 nitrogen and oxygen atoms in total. The lowest BCUT2D eigenvalue weighted by Crippen LogP contribution is -2.51. The summed E-state index contributed by atoms with van der Waals surface area (Å²) in [5.74, 6) is 0. The van der Waals surface area contributed by atoms with Crippen LogP contribution in [0.2, 0.25) is 0 Å². The number of ether oxygens (including phenoxy) is 1. The van der Waals surface area contributed by atoms with Crippen molar-refractivity contribution in [2.75, 3.05) is 32.8 Å². The molecule has 0 unspecified atom stereocenters. The Morgan fingerprint density at radius 3 is 2.96 bits per heavy atom. The molecule has 0 N–H and O–H groups in total. The molecule has 0 aromatic carbocycles. The summed E-state index contributed by atoms with van der Waals surface area (Å²) in [6.07, 6.45) is 7.29. The van der Waals surface area contributed by atoms with Crippen molar-refractivity contribution in [3.8, 4) is 0 Å². The van der Waals surface area contributed by atoms with E-state index in [0.29, 0.717) is 0 Å². The van der Waals surface area contributed by atoms with Crippen molar-refractivity contribution in [2.24, 2.45) is 0 Å². The normalized spacial score (nSPS) is 25.4. The molecule has 0 saturated carbocycles. The Kier molecular flexibility index (Phi) is 5.64. The van der Waals surface area contributed by atoms with Crippen molar-refractivity contribution in [2.45, 2.75) is 44.9 Å². The molecule has 2 aliphatic heterocycles. The maximum atomic E-state index is 6.36. The van der Waals surface area contributed by atoms with E-state index >= 15 is 0 Å². The fraction of sp³-hybridized carbons (Fsp3) is 0.600. The summed E-state index contributed by atoms with van der Waals surface area (Å²) in [7, 11) is 0. The highest BCUT2D eigenvalue weighted by Gasteiger charge is 2.38. The van der Waals surface area contributed by atoms with Crippen LogP contribution < -0.4 is 0 Å². The molecule has 26 heavy (non-hydrogen) atoms. The molecule has 0 bridgehead atoms. The Hall–Kier alpha value is -1.34. The largest absolute Gasteiger partial charge is 0.372 e. The minimum atomic E-state index is 0.0210. The molecule has 2 aromatic rings. The summed E-state index contributed by atoms with van der Waals surface area (Å²) >= 11 is 1.75. The van der Waals surface area contributed by atoms with E-state index in [1.165, 1.54) is 17.7 Å². The number of aromatic nitrogens is 2. The number of hydrogen-bond donors (Lipinski definition) is 0. The van der Waals surface area contributed by atoms with Gasteiger partial charge in [0.15, 0.2) is 0 Å². The third-order valence-corrected chi connectivity index (χ3v) is 6.32. The average molecular weight is 373 g/mol. The van der Waals surface area contributed by atoms with Gasteiger partial charge in [0.1, 0.15) is 0 Å². The summed E-state index contributed by atoms with van der Waals surface area (Å²) < 4.78 is 6.36. The van der Waals surface area contributed by atoms with Gasteiger partial charge >= 0.3 is 0 Å². The zero-order valence-corrected chi connectivity index (χ0v) is 16.4. The summed E-state index contributed by atoms with van der Waals surface area (Å²) in [5.41, 5.74) is 2.53. The second-order valence-electron chi connectivity index (χ2n) is 7.59. The van der Waals surface area contributed by atoms with Gasteiger partial charge < -0.3 is 4.74 Å². The van der Waals surface area contributed by atoms with Gasteiger partial charge in [0.2, 0.25) is 0 Å².